The van der Waals surface area contributed by atoms with Crippen LogP contribution < -0.4 is 0 Å². The lowest BCUT2D eigenvalue weighted by Crippen LogP contribution is -2.58. The van der Waals surface area contributed by atoms with Crippen LogP contribution in [0.3, 0.4) is 0 Å². The van der Waals surface area contributed by atoms with Gasteiger partial charge in [-0.3, -0.25) is 4.79 Å². The van der Waals surface area contributed by atoms with Crippen molar-refractivity contribution < 1.29 is 4.79 Å². The summed E-state index contributed by atoms with van der Waals surface area (Å²) in [5.41, 5.74) is 3.15. The summed E-state index contributed by atoms with van der Waals surface area (Å²) in [5, 5.41) is 15.2. The van der Waals surface area contributed by atoms with Gasteiger partial charge in [0.1, 0.15) is 6.07 Å². The van der Waals surface area contributed by atoms with Crippen LogP contribution in [0.15, 0.2) is 12.1 Å². The molecular weight excluding hydrogens is 345 g/mol. The topological polar surface area (TPSA) is 65.2 Å². The number of carbonyl (C=O) groups is 1. The lowest BCUT2D eigenvalue weighted by molar-refractivity contribution is 0.00821. The van der Waals surface area contributed by atoms with Crippen LogP contribution in [-0.4, -0.2) is 64.1 Å². The number of fused-ring (bicyclic) bond motifs is 3. The Hall–Kier alpha value is -1.96. The number of piperidine rings is 3. The molecule has 0 radical (unpaired) electrons. The average molecular weight is 367 g/mol. The summed E-state index contributed by atoms with van der Waals surface area (Å²) in [7, 11) is 0.444. The van der Waals surface area contributed by atoms with Crippen LogP contribution in [0.5, 0.6) is 0 Å². The Labute approximate surface area is 154 Å². The Morgan fingerprint density at radius 1 is 1.27 bits per heavy atom. The van der Waals surface area contributed by atoms with Crippen molar-refractivity contribution in [1.82, 2.24) is 19.4 Å². The number of rotatable bonds is 2. The summed E-state index contributed by atoms with van der Waals surface area (Å²) >= 11 is 0. The fraction of sp³-hybridized carbons (Fsp3) is 0.526. The number of hydrogen-bond acceptors (Lipinski definition) is 4. The standard InChI is InChI=1S/C19H22N5OP/c1-26-24-18-13(10-20)2-3-14-17(18)15(21-24)6-9-23(19(14)25)16-11-22-7-4-12(16)5-8-22/h2-3,12,16,26H,4-9,11H2,1H3/t16-/m1/s1. The molecule has 6 rings (SSSR count). The Bertz CT molecular complexity index is 938. The number of nitrogens with zero attached hydrogens (tertiary/aromatic N) is 5. The Balaban J connectivity index is 1.62. The van der Waals surface area contributed by atoms with Crippen molar-refractivity contribution in [3.05, 3.63) is 29.0 Å². The second kappa shape index (κ2) is 6.04. The van der Waals surface area contributed by atoms with E-state index in [9.17, 15) is 10.1 Å². The second-order valence-corrected chi connectivity index (χ2v) is 8.40. The van der Waals surface area contributed by atoms with Crippen LogP contribution in [-0.2, 0) is 6.42 Å². The van der Waals surface area contributed by atoms with Gasteiger partial charge in [0.2, 0.25) is 0 Å². The molecule has 1 unspecified atom stereocenters. The van der Waals surface area contributed by atoms with E-state index in [1.807, 2.05) is 10.5 Å². The van der Waals surface area contributed by atoms with Crippen LogP contribution >= 0.6 is 8.73 Å². The fourth-order valence-corrected chi connectivity index (χ4v) is 5.69. The van der Waals surface area contributed by atoms with E-state index in [1.54, 1.807) is 6.07 Å². The number of carbonyl (C=O) groups excluding carboxylic acids is 1. The quantitative estimate of drug-likeness (QED) is 0.763. The maximum absolute atomic E-state index is 13.5. The predicted molar refractivity (Wildman–Crippen MR) is 102 cm³/mol. The third-order valence-corrected chi connectivity index (χ3v) is 7.08. The summed E-state index contributed by atoms with van der Waals surface area (Å²) in [4.78, 5) is 18.1. The molecule has 1 aromatic carbocycles. The number of aromatic nitrogens is 2. The van der Waals surface area contributed by atoms with E-state index in [2.05, 4.69) is 22.5 Å². The van der Waals surface area contributed by atoms with E-state index < -0.39 is 0 Å². The van der Waals surface area contributed by atoms with E-state index >= 15 is 0 Å². The van der Waals surface area contributed by atoms with Gasteiger partial charge in [-0.2, -0.15) is 10.4 Å². The fourth-order valence-electron chi connectivity index (χ4n) is 5.02. The maximum atomic E-state index is 13.5. The van der Waals surface area contributed by atoms with Gasteiger partial charge in [0, 0.05) is 39.7 Å². The minimum absolute atomic E-state index is 0.121. The van der Waals surface area contributed by atoms with Crippen LogP contribution in [0.4, 0.5) is 0 Å². The summed E-state index contributed by atoms with van der Waals surface area (Å²) in [6, 6.07) is 6.23. The first-order valence-electron chi connectivity index (χ1n) is 9.37. The monoisotopic (exact) mass is 367 g/mol. The van der Waals surface area contributed by atoms with Crippen LogP contribution in [0, 0.1) is 17.2 Å². The molecule has 0 spiro atoms. The summed E-state index contributed by atoms with van der Waals surface area (Å²) in [6.07, 6.45) is 3.17. The zero-order chi connectivity index (χ0) is 17.8. The van der Waals surface area contributed by atoms with Crippen molar-refractivity contribution in [2.45, 2.75) is 25.3 Å². The molecule has 0 aliphatic carbocycles. The molecule has 5 heterocycles. The third-order valence-electron chi connectivity index (χ3n) is 6.33. The van der Waals surface area contributed by atoms with Crippen molar-refractivity contribution in [3.63, 3.8) is 0 Å². The van der Waals surface area contributed by atoms with Crippen molar-refractivity contribution in [3.8, 4) is 6.07 Å². The van der Waals surface area contributed by atoms with Gasteiger partial charge in [-0.05, 0) is 50.6 Å². The van der Waals surface area contributed by atoms with Gasteiger partial charge < -0.3 is 9.80 Å². The largest absolute Gasteiger partial charge is 0.334 e. The molecule has 0 N–H and O–H groups in total. The van der Waals surface area contributed by atoms with Crippen LogP contribution in [0.2, 0.25) is 0 Å². The lowest BCUT2D eigenvalue weighted by atomic mass is 9.83. The number of benzene rings is 1. The first kappa shape index (κ1) is 16.2. The Morgan fingerprint density at radius 2 is 2.08 bits per heavy atom. The van der Waals surface area contributed by atoms with Crippen molar-refractivity contribution >= 4 is 25.5 Å². The molecule has 6 nitrogen and oxygen atoms in total. The molecule has 3 saturated heterocycles. The van der Waals surface area contributed by atoms with Crippen molar-refractivity contribution in [1.29, 1.82) is 5.26 Å². The summed E-state index contributed by atoms with van der Waals surface area (Å²) < 4.78 is 1.91. The van der Waals surface area contributed by atoms with E-state index in [1.165, 1.54) is 25.9 Å². The van der Waals surface area contributed by atoms with E-state index in [-0.39, 0.29) is 5.91 Å². The lowest BCUT2D eigenvalue weighted by Gasteiger charge is -2.49. The van der Waals surface area contributed by atoms with Gasteiger partial charge in [-0.1, -0.05) is 0 Å². The first-order valence-corrected chi connectivity index (χ1v) is 10.8. The molecular formula is C19H22N5OP. The van der Waals surface area contributed by atoms with Gasteiger partial charge in [0.05, 0.1) is 22.3 Å². The van der Waals surface area contributed by atoms with Gasteiger partial charge in [-0.15, -0.1) is 0 Å². The summed E-state index contributed by atoms with van der Waals surface area (Å²) in [5.74, 6) is 0.747. The van der Waals surface area contributed by atoms with Crippen molar-refractivity contribution in [2.24, 2.45) is 5.92 Å². The number of nitriles is 1. The maximum Gasteiger partial charge on any atom is 0.254 e. The van der Waals surface area contributed by atoms with E-state index in [0.29, 0.717) is 26.3 Å². The molecule has 2 aromatic rings. The molecule has 3 fully saturated rings. The average Bonchev–Trinajstić information content (AvgIpc) is 3.00. The molecule has 4 aliphatic heterocycles. The molecule has 1 aromatic heterocycles. The number of amides is 1. The summed E-state index contributed by atoms with van der Waals surface area (Å²) in [6.45, 7) is 6.13. The zero-order valence-electron chi connectivity index (χ0n) is 14.9. The normalized spacial score (nSPS) is 28.1. The highest BCUT2D eigenvalue weighted by Crippen LogP contribution is 2.36. The smallest absolute Gasteiger partial charge is 0.254 e. The molecule has 7 heteroatoms. The molecule has 26 heavy (non-hydrogen) atoms. The second-order valence-electron chi connectivity index (χ2n) is 7.53. The van der Waals surface area contributed by atoms with Gasteiger partial charge in [0.25, 0.3) is 5.91 Å². The highest BCUT2D eigenvalue weighted by atomic mass is 31.1. The minimum atomic E-state index is 0.121. The van der Waals surface area contributed by atoms with Gasteiger partial charge >= 0.3 is 0 Å². The van der Waals surface area contributed by atoms with Gasteiger partial charge in [0.15, 0.2) is 0 Å². The SMILES string of the molecule is CPn1nc2c3c(ccc(C#N)c31)C(=O)N([C@@H]1CN3CCC1CC3)CC2. The molecule has 2 atom stereocenters. The number of hydrogen-bond donors (Lipinski definition) is 0. The highest BCUT2D eigenvalue weighted by Gasteiger charge is 2.41. The molecule has 2 bridgehead atoms. The predicted octanol–water partition coefficient (Wildman–Crippen LogP) is 2.07. The third kappa shape index (κ3) is 2.24. The molecule has 4 aliphatic rings. The zero-order valence-corrected chi connectivity index (χ0v) is 15.9. The molecule has 0 saturated carbocycles. The van der Waals surface area contributed by atoms with Crippen LogP contribution in [0.1, 0.15) is 34.5 Å². The Kier molecular flexibility index (Phi) is 3.77. The van der Waals surface area contributed by atoms with E-state index in [0.717, 1.165) is 41.7 Å². The van der Waals surface area contributed by atoms with E-state index in [4.69, 9.17) is 5.10 Å². The van der Waals surface area contributed by atoms with Crippen LogP contribution in [0.25, 0.3) is 10.9 Å². The first-order chi connectivity index (χ1) is 12.7. The van der Waals surface area contributed by atoms with Crippen molar-refractivity contribution in [2.75, 3.05) is 32.8 Å². The molecule has 134 valence electrons. The van der Waals surface area contributed by atoms with Gasteiger partial charge in [-0.25, -0.2) is 4.45 Å². The Morgan fingerprint density at radius 3 is 2.73 bits per heavy atom. The highest BCUT2D eigenvalue weighted by molar-refractivity contribution is 7.35. The molecule has 1 amide bonds. The minimum Gasteiger partial charge on any atom is -0.334 e.